The highest BCUT2D eigenvalue weighted by Crippen LogP contribution is 2.25. The first-order valence-corrected chi connectivity index (χ1v) is 10.7. The second-order valence-electron chi connectivity index (χ2n) is 7.65. The first-order valence-electron chi connectivity index (χ1n) is 10.7. The van der Waals surface area contributed by atoms with Crippen molar-refractivity contribution >= 4 is 11.8 Å². The fourth-order valence-corrected chi connectivity index (χ4v) is 3.26. The van der Waals surface area contributed by atoms with Gasteiger partial charge in [-0.25, -0.2) is 0 Å². The Morgan fingerprint density at radius 2 is 1.97 bits per heavy atom. The molecule has 1 unspecified atom stereocenters. The number of carboxylic acid groups (broad SMARTS) is 1. The maximum absolute atomic E-state index is 12.4. The van der Waals surface area contributed by atoms with Gasteiger partial charge in [-0.05, 0) is 67.6 Å². The number of benzene rings is 2. The number of carboxylic acids is 1. The third kappa shape index (κ3) is 7.59. The van der Waals surface area contributed by atoms with Crippen molar-refractivity contribution in [1.82, 2.24) is 0 Å². The van der Waals surface area contributed by atoms with Crippen LogP contribution in [0.3, 0.4) is 0 Å². The molecule has 2 aromatic carbocycles. The number of aryl methyl sites for hydroxylation is 3. The summed E-state index contributed by atoms with van der Waals surface area (Å²) in [6, 6.07) is 11.5. The lowest BCUT2D eigenvalue weighted by molar-refractivity contribution is -0.136. The van der Waals surface area contributed by atoms with Crippen LogP contribution < -0.4 is 9.47 Å². The highest BCUT2D eigenvalue weighted by atomic mass is 16.5. The zero-order chi connectivity index (χ0) is 22.8. The summed E-state index contributed by atoms with van der Waals surface area (Å²) in [5, 5.41) is 8.83. The molecule has 5 nitrogen and oxygen atoms in total. The van der Waals surface area contributed by atoms with Crippen LogP contribution in [0.15, 0.2) is 49.1 Å². The van der Waals surface area contributed by atoms with E-state index in [1.807, 2.05) is 50.2 Å². The third-order valence-corrected chi connectivity index (χ3v) is 5.13. The van der Waals surface area contributed by atoms with Crippen LogP contribution in [0.4, 0.5) is 0 Å². The predicted molar refractivity (Wildman–Crippen MR) is 122 cm³/mol. The quantitative estimate of drug-likeness (QED) is 0.336. The highest BCUT2D eigenvalue weighted by molar-refractivity contribution is 5.99. The molecule has 0 saturated heterocycles. The molecule has 1 atom stereocenters. The molecule has 166 valence electrons. The Morgan fingerprint density at radius 1 is 1.19 bits per heavy atom. The van der Waals surface area contributed by atoms with E-state index >= 15 is 0 Å². The third-order valence-electron chi connectivity index (χ3n) is 5.13. The monoisotopic (exact) mass is 424 g/mol. The van der Waals surface area contributed by atoms with E-state index in [2.05, 4.69) is 13.5 Å². The molecule has 0 aromatic heterocycles. The van der Waals surface area contributed by atoms with E-state index in [1.165, 1.54) is 0 Å². The zero-order valence-electron chi connectivity index (χ0n) is 18.6. The van der Waals surface area contributed by atoms with Crippen LogP contribution >= 0.6 is 0 Å². The summed E-state index contributed by atoms with van der Waals surface area (Å²) in [5.74, 6) is 0.544. The number of aliphatic carboxylic acids is 1. The van der Waals surface area contributed by atoms with Gasteiger partial charge in [0.1, 0.15) is 11.5 Å². The summed E-state index contributed by atoms with van der Waals surface area (Å²) in [6.45, 7) is 10.1. The summed E-state index contributed by atoms with van der Waals surface area (Å²) >= 11 is 0. The van der Waals surface area contributed by atoms with Crippen molar-refractivity contribution in [2.75, 3.05) is 6.61 Å². The van der Waals surface area contributed by atoms with Crippen molar-refractivity contribution in [2.24, 2.45) is 0 Å². The molecule has 0 radical (unpaired) electrons. The molecule has 0 aliphatic carbocycles. The molecule has 0 aliphatic heterocycles. The standard InChI is InChI=1S/C26H32O5/c1-5-7-24(27)23-17-20(6-2)8-12-25(23)31-19(4)14-15-30-22-11-9-21(18(3)16-22)10-13-26(28)29/h5,8-9,11-12,16-17,19H,1,6-7,10,13-15H2,2-4H3,(H,28,29). The SMILES string of the molecule is C=CCC(=O)c1cc(CC)ccc1OC(C)CCOc1ccc(CCC(=O)O)c(C)c1. The molecule has 1 N–H and O–H groups in total. The van der Waals surface area contributed by atoms with Gasteiger partial charge < -0.3 is 14.6 Å². The number of ketones is 1. The maximum atomic E-state index is 12.4. The predicted octanol–water partition coefficient (Wildman–Crippen LogP) is 5.57. The summed E-state index contributed by atoms with van der Waals surface area (Å²) in [5.41, 5.74) is 3.72. The van der Waals surface area contributed by atoms with Crippen molar-refractivity contribution in [2.45, 2.75) is 59.0 Å². The van der Waals surface area contributed by atoms with E-state index < -0.39 is 5.97 Å². The lowest BCUT2D eigenvalue weighted by Crippen LogP contribution is -2.17. The molecule has 2 rings (SSSR count). The van der Waals surface area contributed by atoms with Gasteiger partial charge in [0.05, 0.1) is 18.3 Å². The zero-order valence-corrected chi connectivity index (χ0v) is 18.6. The topological polar surface area (TPSA) is 72.8 Å². The number of carbonyl (C=O) groups is 2. The van der Waals surface area contributed by atoms with Crippen LogP contribution in [0.1, 0.15) is 60.2 Å². The average molecular weight is 425 g/mol. The van der Waals surface area contributed by atoms with Gasteiger partial charge in [0.25, 0.3) is 0 Å². The molecular weight excluding hydrogens is 392 g/mol. The normalized spacial score (nSPS) is 11.6. The number of allylic oxidation sites excluding steroid dienone is 1. The summed E-state index contributed by atoms with van der Waals surface area (Å²) < 4.78 is 11.9. The Kier molecular flexibility index (Phi) is 9.32. The number of hydrogen-bond donors (Lipinski definition) is 1. The van der Waals surface area contributed by atoms with E-state index in [-0.39, 0.29) is 24.7 Å². The molecule has 5 heteroatoms. The minimum absolute atomic E-state index is 0.00205. The van der Waals surface area contributed by atoms with Crippen LogP contribution in [0.25, 0.3) is 0 Å². The second-order valence-corrected chi connectivity index (χ2v) is 7.65. The second kappa shape index (κ2) is 11.9. The fourth-order valence-electron chi connectivity index (χ4n) is 3.26. The number of Topliss-reactive ketones (excluding diaryl/α,β-unsaturated/α-hetero) is 1. The van der Waals surface area contributed by atoms with Crippen molar-refractivity contribution < 1.29 is 24.2 Å². The summed E-state index contributed by atoms with van der Waals surface area (Å²) in [6.07, 6.45) is 3.90. The maximum Gasteiger partial charge on any atom is 0.303 e. The lowest BCUT2D eigenvalue weighted by Gasteiger charge is -2.18. The molecule has 0 amide bonds. The van der Waals surface area contributed by atoms with Gasteiger partial charge in [-0.2, -0.15) is 0 Å². The fraction of sp³-hybridized carbons (Fsp3) is 0.385. The van der Waals surface area contributed by atoms with Crippen molar-refractivity contribution in [3.8, 4) is 11.5 Å². The van der Waals surface area contributed by atoms with Crippen LogP contribution in [-0.4, -0.2) is 29.6 Å². The van der Waals surface area contributed by atoms with Crippen LogP contribution in [0, 0.1) is 6.92 Å². The number of hydrogen-bond acceptors (Lipinski definition) is 4. The first-order chi connectivity index (χ1) is 14.8. The highest BCUT2D eigenvalue weighted by Gasteiger charge is 2.15. The van der Waals surface area contributed by atoms with Gasteiger partial charge in [0.15, 0.2) is 5.78 Å². The van der Waals surface area contributed by atoms with Gasteiger partial charge in [0.2, 0.25) is 0 Å². The van der Waals surface area contributed by atoms with Gasteiger partial charge in [-0.3, -0.25) is 9.59 Å². The van der Waals surface area contributed by atoms with Gasteiger partial charge in [0, 0.05) is 19.3 Å². The van der Waals surface area contributed by atoms with Crippen LogP contribution in [-0.2, 0) is 17.6 Å². The van der Waals surface area contributed by atoms with Crippen molar-refractivity contribution in [3.63, 3.8) is 0 Å². The molecule has 31 heavy (non-hydrogen) atoms. The lowest BCUT2D eigenvalue weighted by atomic mass is 10.0. The minimum atomic E-state index is -0.799. The largest absolute Gasteiger partial charge is 0.493 e. The van der Waals surface area contributed by atoms with Crippen molar-refractivity contribution in [1.29, 1.82) is 0 Å². The molecule has 0 spiro atoms. The Bertz CT molecular complexity index is 916. The van der Waals surface area contributed by atoms with E-state index in [0.29, 0.717) is 30.8 Å². The molecule has 0 heterocycles. The smallest absolute Gasteiger partial charge is 0.303 e. The molecule has 0 fully saturated rings. The van der Waals surface area contributed by atoms with Crippen LogP contribution in [0.2, 0.25) is 0 Å². The number of carbonyl (C=O) groups excluding carboxylic acids is 1. The van der Waals surface area contributed by atoms with Gasteiger partial charge in [-0.15, -0.1) is 6.58 Å². The summed E-state index contributed by atoms with van der Waals surface area (Å²) in [7, 11) is 0. The van der Waals surface area contributed by atoms with Crippen molar-refractivity contribution in [3.05, 3.63) is 71.3 Å². The number of rotatable bonds is 13. The molecular formula is C26H32O5. The Morgan fingerprint density at radius 3 is 2.61 bits per heavy atom. The first kappa shape index (κ1) is 24.2. The molecule has 0 bridgehead atoms. The van der Waals surface area contributed by atoms with Crippen LogP contribution in [0.5, 0.6) is 11.5 Å². The molecule has 2 aromatic rings. The molecule has 0 aliphatic rings. The average Bonchev–Trinajstić information content (AvgIpc) is 2.73. The molecule has 0 saturated carbocycles. The van der Waals surface area contributed by atoms with E-state index in [9.17, 15) is 9.59 Å². The van der Waals surface area contributed by atoms with E-state index in [1.54, 1.807) is 6.08 Å². The number of ether oxygens (including phenoxy) is 2. The van der Waals surface area contributed by atoms with E-state index in [0.717, 1.165) is 28.9 Å². The Hall–Kier alpha value is -3.08. The van der Waals surface area contributed by atoms with E-state index in [4.69, 9.17) is 14.6 Å². The Balaban J connectivity index is 1.93. The van der Waals surface area contributed by atoms with Gasteiger partial charge >= 0.3 is 5.97 Å². The Labute approximate surface area is 184 Å². The minimum Gasteiger partial charge on any atom is -0.493 e. The van der Waals surface area contributed by atoms with Gasteiger partial charge in [-0.1, -0.05) is 25.1 Å². The summed E-state index contributed by atoms with van der Waals surface area (Å²) in [4.78, 5) is 23.2.